The summed E-state index contributed by atoms with van der Waals surface area (Å²) in [4.78, 5) is 11.5. The van der Waals surface area contributed by atoms with Gasteiger partial charge in [-0.3, -0.25) is 5.41 Å². The van der Waals surface area contributed by atoms with Gasteiger partial charge in [-0.15, -0.1) is 0 Å². The first kappa shape index (κ1) is 16.1. The zero-order valence-corrected chi connectivity index (χ0v) is 12.8. The van der Waals surface area contributed by atoms with Crippen molar-refractivity contribution in [2.45, 2.75) is 6.04 Å². The third-order valence-electron chi connectivity index (χ3n) is 2.97. The molecule has 0 saturated carbocycles. The molecule has 2 aromatic carbocycles. The summed E-state index contributed by atoms with van der Waals surface area (Å²) in [6.07, 6.45) is 0. The Labute approximate surface area is 137 Å². The van der Waals surface area contributed by atoms with E-state index in [1.165, 1.54) is 6.07 Å². The van der Waals surface area contributed by atoms with Gasteiger partial charge < -0.3 is 16.2 Å². The number of rotatable bonds is 5. The van der Waals surface area contributed by atoms with Gasteiger partial charge in [-0.05, 0) is 48.0 Å². The maximum atomic E-state index is 11.5. The number of hydrogen-bond donors (Lipinski definition) is 4. The summed E-state index contributed by atoms with van der Waals surface area (Å²) in [7, 11) is 0. The fraction of sp³-hybridized carbons (Fsp3) is 0.0667. The lowest BCUT2D eigenvalue weighted by molar-refractivity contribution is -0.138. The van der Waals surface area contributed by atoms with Crippen molar-refractivity contribution in [1.29, 1.82) is 5.41 Å². The number of aliphatic carboxylic acids is 1. The first-order valence-electron chi connectivity index (χ1n) is 6.26. The standard InChI is InChI=1S/C15H13Cl2N3O2/c16-10-5-9(6-11(17)7-10)13(15(21)22)20-12-3-1-8(2-4-12)14(18)19/h1-7,13,20H,(H3,18,19)(H,21,22). The van der Waals surface area contributed by atoms with Crippen LogP contribution in [0.2, 0.25) is 10.0 Å². The number of carboxylic acids is 1. The normalized spacial score (nSPS) is 11.7. The van der Waals surface area contributed by atoms with Gasteiger partial charge in [0.15, 0.2) is 6.04 Å². The number of carbonyl (C=O) groups is 1. The van der Waals surface area contributed by atoms with E-state index in [1.807, 2.05) is 0 Å². The second-order valence-corrected chi connectivity index (χ2v) is 5.48. The van der Waals surface area contributed by atoms with E-state index >= 15 is 0 Å². The Morgan fingerprint density at radius 3 is 2.14 bits per heavy atom. The van der Waals surface area contributed by atoms with Crippen molar-refractivity contribution in [2.75, 3.05) is 5.32 Å². The molecule has 2 rings (SSSR count). The smallest absolute Gasteiger partial charge is 0.330 e. The topological polar surface area (TPSA) is 99.2 Å². The second-order valence-electron chi connectivity index (χ2n) is 4.61. The molecule has 0 aromatic heterocycles. The summed E-state index contributed by atoms with van der Waals surface area (Å²) in [6, 6.07) is 10.2. The minimum atomic E-state index is -1.06. The molecule has 0 saturated heterocycles. The summed E-state index contributed by atoms with van der Waals surface area (Å²) in [5.74, 6) is -1.11. The highest BCUT2D eigenvalue weighted by Crippen LogP contribution is 2.26. The molecular weight excluding hydrogens is 325 g/mol. The van der Waals surface area contributed by atoms with Crippen molar-refractivity contribution in [3.8, 4) is 0 Å². The molecule has 5 N–H and O–H groups in total. The Hall–Kier alpha value is -2.24. The van der Waals surface area contributed by atoms with Crippen LogP contribution in [-0.2, 0) is 4.79 Å². The number of carboxylic acid groups (broad SMARTS) is 1. The molecule has 0 radical (unpaired) electrons. The van der Waals surface area contributed by atoms with Crippen molar-refractivity contribution in [3.63, 3.8) is 0 Å². The van der Waals surface area contributed by atoms with Crippen LogP contribution in [0, 0.1) is 5.41 Å². The van der Waals surface area contributed by atoms with Crippen LogP contribution in [0.1, 0.15) is 17.2 Å². The van der Waals surface area contributed by atoms with E-state index in [2.05, 4.69) is 5.32 Å². The number of amidine groups is 1. The maximum absolute atomic E-state index is 11.5. The predicted molar refractivity (Wildman–Crippen MR) is 87.9 cm³/mol. The monoisotopic (exact) mass is 337 g/mol. The Balaban J connectivity index is 2.29. The number of nitrogens with two attached hydrogens (primary N) is 1. The largest absolute Gasteiger partial charge is 0.479 e. The number of nitrogens with one attached hydrogen (secondary N) is 2. The third-order valence-corrected chi connectivity index (χ3v) is 3.41. The van der Waals surface area contributed by atoms with Gasteiger partial charge in [0, 0.05) is 21.3 Å². The molecular formula is C15H13Cl2N3O2. The van der Waals surface area contributed by atoms with Crippen molar-refractivity contribution >= 4 is 40.7 Å². The third kappa shape index (κ3) is 3.90. The molecule has 0 bridgehead atoms. The lowest BCUT2D eigenvalue weighted by Gasteiger charge is -2.17. The predicted octanol–water partition coefficient (Wildman–Crippen LogP) is 3.52. The highest BCUT2D eigenvalue weighted by molar-refractivity contribution is 6.34. The molecule has 0 aliphatic carbocycles. The number of benzene rings is 2. The highest BCUT2D eigenvalue weighted by Gasteiger charge is 2.20. The van der Waals surface area contributed by atoms with Gasteiger partial charge in [-0.25, -0.2) is 4.79 Å². The van der Waals surface area contributed by atoms with Crippen LogP contribution in [-0.4, -0.2) is 16.9 Å². The minimum Gasteiger partial charge on any atom is -0.479 e. The maximum Gasteiger partial charge on any atom is 0.330 e. The number of anilines is 1. The lowest BCUT2D eigenvalue weighted by atomic mass is 10.1. The van der Waals surface area contributed by atoms with Crippen molar-refractivity contribution in [1.82, 2.24) is 0 Å². The highest BCUT2D eigenvalue weighted by atomic mass is 35.5. The molecule has 5 nitrogen and oxygen atoms in total. The van der Waals surface area contributed by atoms with Crippen molar-refractivity contribution < 1.29 is 9.90 Å². The number of halogens is 2. The van der Waals surface area contributed by atoms with Crippen LogP contribution in [0.4, 0.5) is 5.69 Å². The summed E-state index contributed by atoms with van der Waals surface area (Å²) < 4.78 is 0. The van der Waals surface area contributed by atoms with Crippen LogP contribution in [0.15, 0.2) is 42.5 Å². The van der Waals surface area contributed by atoms with E-state index in [0.717, 1.165) is 0 Å². The van der Waals surface area contributed by atoms with Gasteiger partial charge in [0.2, 0.25) is 0 Å². The zero-order chi connectivity index (χ0) is 16.3. The van der Waals surface area contributed by atoms with Gasteiger partial charge in [-0.1, -0.05) is 23.2 Å². The first-order chi connectivity index (χ1) is 10.4. The minimum absolute atomic E-state index is 0.0528. The van der Waals surface area contributed by atoms with Crippen molar-refractivity contribution in [3.05, 3.63) is 63.6 Å². The van der Waals surface area contributed by atoms with Gasteiger partial charge in [0.25, 0.3) is 0 Å². The quantitative estimate of drug-likeness (QED) is 0.495. The van der Waals surface area contributed by atoms with Crippen molar-refractivity contribution in [2.24, 2.45) is 5.73 Å². The summed E-state index contributed by atoms with van der Waals surface area (Å²) in [6.45, 7) is 0. The van der Waals surface area contributed by atoms with Gasteiger partial charge >= 0.3 is 5.97 Å². The molecule has 1 atom stereocenters. The number of nitrogen functional groups attached to an aromatic ring is 1. The molecule has 0 fully saturated rings. The molecule has 22 heavy (non-hydrogen) atoms. The van der Waals surface area contributed by atoms with Gasteiger partial charge in [0.1, 0.15) is 5.84 Å². The van der Waals surface area contributed by atoms with Crippen LogP contribution < -0.4 is 11.1 Å². The molecule has 0 aliphatic rings. The van der Waals surface area contributed by atoms with Crippen LogP contribution >= 0.6 is 23.2 Å². The average Bonchev–Trinajstić information content (AvgIpc) is 2.43. The van der Waals surface area contributed by atoms with E-state index < -0.39 is 12.0 Å². The molecule has 2 aromatic rings. The Bertz CT molecular complexity index is 697. The Morgan fingerprint density at radius 1 is 1.14 bits per heavy atom. The summed E-state index contributed by atoms with van der Waals surface area (Å²) in [5.41, 5.74) is 6.96. The molecule has 7 heteroatoms. The Kier molecular flexibility index (Phi) is 4.90. The molecule has 1 unspecified atom stereocenters. The zero-order valence-electron chi connectivity index (χ0n) is 11.3. The van der Waals surface area contributed by atoms with E-state index in [1.54, 1.807) is 36.4 Å². The van der Waals surface area contributed by atoms with Gasteiger partial charge in [0.05, 0.1) is 0 Å². The molecule has 0 aliphatic heterocycles. The van der Waals surface area contributed by atoms with Crippen LogP contribution in [0.25, 0.3) is 0 Å². The van der Waals surface area contributed by atoms with E-state index in [9.17, 15) is 9.90 Å². The van der Waals surface area contributed by atoms with Gasteiger partial charge in [-0.2, -0.15) is 0 Å². The SMILES string of the molecule is N=C(N)c1ccc(NC(C(=O)O)c2cc(Cl)cc(Cl)c2)cc1. The van der Waals surface area contributed by atoms with E-state index in [0.29, 0.717) is 26.9 Å². The second kappa shape index (κ2) is 6.68. The lowest BCUT2D eigenvalue weighted by Crippen LogP contribution is -2.20. The first-order valence-corrected chi connectivity index (χ1v) is 7.02. The summed E-state index contributed by atoms with van der Waals surface area (Å²) >= 11 is 11.8. The average molecular weight is 338 g/mol. The molecule has 0 spiro atoms. The van der Waals surface area contributed by atoms with E-state index in [-0.39, 0.29) is 5.84 Å². The summed E-state index contributed by atoms with van der Waals surface area (Å²) in [5, 5.41) is 20.4. The fourth-order valence-corrected chi connectivity index (χ4v) is 2.49. The van der Waals surface area contributed by atoms with E-state index in [4.69, 9.17) is 34.3 Å². The molecule has 0 amide bonds. The molecule has 114 valence electrons. The fourth-order valence-electron chi connectivity index (χ4n) is 1.94. The molecule has 0 heterocycles. The number of hydrogen-bond acceptors (Lipinski definition) is 3. The van der Waals surface area contributed by atoms with Crippen LogP contribution in [0.5, 0.6) is 0 Å². The Morgan fingerprint density at radius 2 is 1.68 bits per heavy atom. The van der Waals surface area contributed by atoms with Crippen LogP contribution in [0.3, 0.4) is 0 Å².